The van der Waals surface area contributed by atoms with E-state index in [1.807, 2.05) is 46.2 Å². The number of alkyl halides is 1. The summed E-state index contributed by atoms with van der Waals surface area (Å²) in [6.45, 7) is 54.2. The molecule has 12 N–H and O–H groups in total. The fourth-order valence-corrected chi connectivity index (χ4v) is 8.83. The van der Waals surface area contributed by atoms with Crippen LogP contribution in [0.15, 0.2) is 146 Å². The minimum Gasteiger partial charge on any atom is -0.870 e. The predicted molar refractivity (Wildman–Crippen MR) is 406 cm³/mol. The van der Waals surface area contributed by atoms with Crippen LogP contribution in [0.2, 0.25) is 0 Å². The number of carbonyl (C=O) groups is 7. The number of esters is 3. The summed E-state index contributed by atoms with van der Waals surface area (Å²) in [7, 11) is 0. The SMILES string of the molecule is NCCN.[C-]#[N+]c1ccc(F)cc1.[C-]#[N+]c1ccc(N2CCN(CC(=O)O)C(=O)C2)cc1.[C-]#[N+]c1ccc(N2CCN(CC(=O)OCC)C(=O)C2)cc1.[C-]#[N+]c1ccc(NCCN(CC(=O)OCC)C(=O)CCl)cc1.[C-]#[N+]c1ccc(NCCN)cc1.[C-]#[N+]c1ccc(NCCNCC(=O)OCC)cc1.[Li+].[OH-]. The number of nitrogens with zero attached hydrogens (tertiary/aromatic N) is 11. The van der Waals surface area contributed by atoms with Gasteiger partial charge in [0.15, 0.2) is 34.1 Å². The van der Waals surface area contributed by atoms with E-state index >= 15 is 0 Å². The third-order valence-corrected chi connectivity index (χ3v) is 14.1. The summed E-state index contributed by atoms with van der Waals surface area (Å²) in [5.74, 6) is -3.15. The Morgan fingerprint density at radius 1 is 0.495 bits per heavy atom. The zero-order valence-corrected chi connectivity index (χ0v) is 61.1. The van der Waals surface area contributed by atoms with Gasteiger partial charge in [-0.2, -0.15) is 0 Å². The van der Waals surface area contributed by atoms with Gasteiger partial charge in [-0.3, -0.25) is 33.6 Å². The van der Waals surface area contributed by atoms with Gasteiger partial charge in [0.05, 0.1) is 78.9 Å². The van der Waals surface area contributed by atoms with Crippen LogP contribution < -0.4 is 67.1 Å². The molecule has 2 aliphatic heterocycles. The van der Waals surface area contributed by atoms with Crippen LogP contribution in [-0.4, -0.2) is 210 Å². The van der Waals surface area contributed by atoms with E-state index in [0.717, 1.165) is 35.0 Å². The predicted octanol–water partition coefficient (Wildman–Crippen LogP) is 6.22. The standard InChI is InChI=1S/C15H18ClN3O3.C15H17N3O3.C13H13N3O3.C13H17N3O2.C9H11N3.C7H4FN.C2H8N2.Li.H2O/c1-3-22-15(21)11-19(14(20)10-16)9-8-18-13-6-4-12(17-2)5-7-13;1-3-21-15(20)11-18-9-8-17(10-14(18)19)13-6-4-12(16-2)5-7-13;1-14-10-2-4-11(5-3-10)15-6-7-16(9-13(18)19)12(17)8-15;1-3-18-13(17)10-15-8-9-16-12-6-4-11(14-2)5-7-12;1-11-8-2-4-9(5-3-8)12-7-6-10;1-9-7-4-2-6(8)3-5-7;3-1-2-4;;/h4-7,18H,3,8-11H2,1H3;4-7H,3,8-11H2,1H3;2-5H,6-9H2,(H,18,19);4-7,15-16H,3,8-10H2,1H3;2-5,12H,6-7,10H2;2-5H;1-4H2;;1H2/q;;;;;;;+1;/p-1. The van der Waals surface area contributed by atoms with Crippen LogP contribution in [-0.2, 0) is 47.8 Å². The molecule has 6 aromatic rings. The molecule has 0 saturated carbocycles. The number of carboxylic acids is 1. The molecular formula is C74H89ClFLiN18O12. The zero-order valence-electron chi connectivity index (χ0n) is 60.3. The molecule has 0 aromatic heterocycles. The maximum absolute atomic E-state index is 12.1. The maximum Gasteiger partial charge on any atom is 1.00 e. The van der Waals surface area contributed by atoms with Gasteiger partial charge in [-0.1, -0.05) is 72.8 Å². The number of ether oxygens (including phenoxy) is 3. The molecule has 6 aromatic carbocycles. The van der Waals surface area contributed by atoms with E-state index in [0.29, 0.717) is 119 Å². The van der Waals surface area contributed by atoms with E-state index in [4.69, 9.17) is 87.6 Å². The van der Waals surface area contributed by atoms with Crippen molar-refractivity contribution in [2.45, 2.75) is 20.8 Å². The fraction of sp³-hybridized carbons (Fsp3) is 0.338. The number of anilines is 5. The van der Waals surface area contributed by atoms with Crippen LogP contribution >= 0.6 is 11.6 Å². The molecule has 0 unspecified atom stereocenters. The van der Waals surface area contributed by atoms with E-state index in [9.17, 15) is 38.0 Å². The van der Waals surface area contributed by atoms with Crippen molar-refractivity contribution in [1.29, 1.82) is 0 Å². The molecule has 0 aliphatic carbocycles. The third-order valence-electron chi connectivity index (χ3n) is 13.9. The Morgan fingerprint density at radius 2 is 0.841 bits per heavy atom. The quantitative estimate of drug-likeness (QED) is 0.00746. The molecule has 0 spiro atoms. The molecule has 2 heterocycles. The number of nitrogens with two attached hydrogens (primary N) is 3. The van der Waals surface area contributed by atoms with Gasteiger partial charge in [0.1, 0.15) is 31.3 Å². The molecule has 2 fully saturated rings. The number of halogens is 2. The Hall–Kier alpha value is -11.8. The van der Waals surface area contributed by atoms with Gasteiger partial charge in [-0.15, -0.1) is 11.6 Å². The molecule has 33 heteroatoms. The normalized spacial score (nSPS) is 11.2. The summed E-state index contributed by atoms with van der Waals surface area (Å²) in [5.41, 5.74) is 23.2. The van der Waals surface area contributed by atoms with Crippen LogP contribution in [0.1, 0.15) is 20.8 Å². The largest absolute Gasteiger partial charge is 1.00 e. The van der Waals surface area contributed by atoms with Crippen LogP contribution in [0.5, 0.6) is 0 Å². The number of carbonyl (C=O) groups excluding carboxylic acids is 6. The zero-order chi connectivity index (χ0) is 77.6. The average Bonchev–Trinajstić information content (AvgIpc) is 0.825. The van der Waals surface area contributed by atoms with Gasteiger partial charge in [-0.25, -0.2) is 33.5 Å². The Balaban J connectivity index is 0.00000126. The molecule has 0 radical (unpaired) electrons. The maximum atomic E-state index is 12.1. The van der Waals surface area contributed by atoms with Crippen LogP contribution in [0.4, 0.5) is 67.0 Å². The molecule has 8 rings (SSSR count). The summed E-state index contributed by atoms with van der Waals surface area (Å²) in [6, 6.07) is 41.1. The van der Waals surface area contributed by atoms with Crippen LogP contribution in [0.3, 0.4) is 0 Å². The summed E-state index contributed by atoms with van der Waals surface area (Å²) < 4.78 is 26.6. The van der Waals surface area contributed by atoms with Crippen LogP contribution in [0.25, 0.3) is 29.1 Å². The van der Waals surface area contributed by atoms with Crippen LogP contribution in [0, 0.1) is 45.3 Å². The second-order valence-electron chi connectivity index (χ2n) is 21.4. The first-order valence-corrected chi connectivity index (χ1v) is 33.4. The van der Waals surface area contributed by atoms with E-state index in [-0.39, 0.29) is 112 Å². The molecule has 0 bridgehead atoms. The minimum absolute atomic E-state index is 0. The summed E-state index contributed by atoms with van der Waals surface area (Å²) in [6.07, 6.45) is 0. The number of carboxylic acid groups (broad SMARTS) is 1. The summed E-state index contributed by atoms with van der Waals surface area (Å²) in [5, 5.41) is 21.1. The van der Waals surface area contributed by atoms with Gasteiger partial charge < -0.3 is 87.8 Å². The Labute approximate surface area is 641 Å². The first-order valence-electron chi connectivity index (χ1n) is 32.8. The second-order valence-corrected chi connectivity index (χ2v) is 21.6. The number of nitrogens with one attached hydrogen (secondary N) is 4. The second kappa shape index (κ2) is 57.6. The third kappa shape index (κ3) is 40.7. The van der Waals surface area contributed by atoms with E-state index < -0.39 is 11.9 Å². The minimum atomic E-state index is -0.997. The number of hydrogen-bond acceptors (Lipinski definition) is 20. The molecule has 2 aliphatic rings. The van der Waals surface area contributed by atoms with Gasteiger partial charge in [-0.05, 0) is 93.6 Å². The summed E-state index contributed by atoms with van der Waals surface area (Å²) in [4.78, 5) is 108. The molecule has 562 valence electrons. The number of benzene rings is 6. The Kier molecular flexibility index (Phi) is 51.2. The van der Waals surface area contributed by atoms with Gasteiger partial charge >= 0.3 is 42.7 Å². The topological polar surface area (TPSA) is 366 Å². The van der Waals surface area contributed by atoms with E-state index in [1.165, 1.54) is 39.0 Å². The number of piperazine rings is 2. The molecule has 2 saturated heterocycles. The number of amides is 3. The first kappa shape index (κ1) is 95.2. The first-order chi connectivity index (χ1) is 50.7. The smallest absolute Gasteiger partial charge is 0.870 e. The van der Waals surface area contributed by atoms with Crippen molar-refractivity contribution in [2.24, 2.45) is 17.2 Å². The van der Waals surface area contributed by atoms with Crippen molar-refractivity contribution in [2.75, 3.05) is 169 Å². The number of rotatable bonds is 26. The number of hydrogen-bond donors (Lipinski definition) is 8. The van der Waals surface area contributed by atoms with Crippen molar-refractivity contribution >= 4 is 116 Å². The van der Waals surface area contributed by atoms with Crippen molar-refractivity contribution in [3.8, 4) is 0 Å². The number of aliphatic carboxylic acids is 1. The molecule has 107 heavy (non-hydrogen) atoms. The fourth-order valence-electron chi connectivity index (χ4n) is 8.66. The molecule has 0 atom stereocenters. The molecule has 30 nitrogen and oxygen atoms in total. The van der Waals surface area contributed by atoms with E-state index in [2.05, 4.69) is 50.3 Å². The Bertz CT molecular complexity index is 3890. The molecular weight excluding hydrogens is 1390 g/mol. The summed E-state index contributed by atoms with van der Waals surface area (Å²) >= 11 is 5.54. The average molecular weight is 1480 g/mol. The van der Waals surface area contributed by atoms with Crippen molar-refractivity contribution in [3.63, 3.8) is 0 Å². The van der Waals surface area contributed by atoms with Crippen molar-refractivity contribution in [3.05, 3.63) is 220 Å². The van der Waals surface area contributed by atoms with Crippen molar-refractivity contribution in [1.82, 2.24) is 20.0 Å². The monoisotopic (exact) mass is 1480 g/mol. The van der Waals surface area contributed by atoms with Crippen molar-refractivity contribution < 1.29 is 81.6 Å². The van der Waals surface area contributed by atoms with E-state index in [1.54, 1.807) is 106 Å². The van der Waals surface area contributed by atoms with Gasteiger partial charge in [0.25, 0.3) is 0 Å². The molecule has 3 amide bonds. The van der Waals surface area contributed by atoms with Gasteiger partial charge in [0.2, 0.25) is 17.7 Å². The Morgan fingerprint density at radius 3 is 1.19 bits per heavy atom. The van der Waals surface area contributed by atoms with Gasteiger partial charge in [0, 0.05) is 107 Å².